The average molecular weight is 276 g/mol. The highest BCUT2D eigenvalue weighted by molar-refractivity contribution is 9.09. The summed E-state index contributed by atoms with van der Waals surface area (Å²) in [4.78, 5) is 0.530. The minimum absolute atomic E-state index is 0.530. The lowest BCUT2D eigenvalue weighted by molar-refractivity contribution is 0.571. The largest absolute Gasteiger partial charge is 0.0887 e. The molecule has 0 bridgehead atoms. The molecule has 0 aliphatic heterocycles. The SMILES string of the molecule is CC(C)CC(Br)Cc1ccccc1Cl. The van der Waals surface area contributed by atoms with Gasteiger partial charge in [0.05, 0.1) is 0 Å². The molecule has 0 heterocycles. The second-order valence-electron chi connectivity index (χ2n) is 4.02. The molecule has 1 unspecified atom stereocenters. The van der Waals surface area contributed by atoms with Gasteiger partial charge in [0.25, 0.3) is 0 Å². The van der Waals surface area contributed by atoms with Gasteiger partial charge in [-0.25, -0.2) is 0 Å². The van der Waals surface area contributed by atoms with E-state index in [4.69, 9.17) is 11.6 Å². The summed E-state index contributed by atoms with van der Waals surface area (Å²) in [6.45, 7) is 4.47. The van der Waals surface area contributed by atoms with Crippen LogP contribution in [0.15, 0.2) is 24.3 Å². The van der Waals surface area contributed by atoms with Crippen molar-refractivity contribution in [3.63, 3.8) is 0 Å². The molecule has 0 saturated carbocycles. The fraction of sp³-hybridized carbons (Fsp3) is 0.500. The maximum absolute atomic E-state index is 6.08. The lowest BCUT2D eigenvalue weighted by Crippen LogP contribution is -2.06. The monoisotopic (exact) mass is 274 g/mol. The Morgan fingerprint density at radius 3 is 2.50 bits per heavy atom. The van der Waals surface area contributed by atoms with Crippen molar-refractivity contribution in [3.05, 3.63) is 34.9 Å². The topological polar surface area (TPSA) is 0 Å². The average Bonchev–Trinajstić information content (AvgIpc) is 2.07. The summed E-state index contributed by atoms with van der Waals surface area (Å²) in [5.74, 6) is 0.724. The van der Waals surface area contributed by atoms with Gasteiger partial charge in [-0.15, -0.1) is 0 Å². The summed E-state index contributed by atoms with van der Waals surface area (Å²) in [5.41, 5.74) is 1.23. The van der Waals surface area contributed by atoms with Crippen molar-refractivity contribution >= 4 is 27.5 Å². The van der Waals surface area contributed by atoms with Crippen molar-refractivity contribution in [1.29, 1.82) is 0 Å². The van der Waals surface area contributed by atoms with Crippen molar-refractivity contribution in [2.24, 2.45) is 5.92 Å². The van der Waals surface area contributed by atoms with Crippen LogP contribution in [-0.4, -0.2) is 4.83 Å². The van der Waals surface area contributed by atoms with E-state index in [1.165, 1.54) is 12.0 Å². The first-order valence-corrected chi connectivity index (χ1v) is 6.26. The molecule has 1 aromatic rings. The molecule has 0 spiro atoms. The molecule has 1 aromatic carbocycles. The van der Waals surface area contributed by atoms with Crippen LogP contribution < -0.4 is 0 Å². The summed E-state index contributed by atoms with van der Waals surface area (Å²) >= 11 is 9.77. The number of alkyl halides is 1. The first-order chi connectivity index (χ1) is 6.59. The summed E-state index contributed by atoms with van der Waals surface area (Å²) in [5, 5.41) is 0.876. The molecule has 0 fully saturated rings. The number of hydrogen-bond acceptors (Lipinski definition) is 0. The zero-order chi connectivity index (χ0) is 10.6. The predicted octanol–water partition coefficient (Wildman–Crippen LogP) is 4.69. The maximum Gasteiger partial charge on any atom is 0.0438 e. The highest BCUT2D eigenvalue weighted by Crippen LogP contribution is 2.22. The standard InChI is InChI=1S/C12H16BrCl/c1-9(2)7-11(13)8-10-5-3-4-6-12(10)14/h3-6,9,11H,7-8H2,1-2H3. The summed E-state index contributed by atoms with van der Waals surface area (Å²) in [6, 6.07) is 8.05. The van der Waals surface area contributed by atoms with Crippen molar-refractivity contribution in [2.75, 3.05) is 0 Å². The van der Waals surface area contributed by atoms with E-state index in [9.17, 15) is 0 Å². The normalized spacial score (nSPS) is 13.2. The molecule has 2 heteroatoms. The first-order valence-electron chi connectivity index (χ1n) is 4.97. The van der Waals surface area contributed by atoms with Crippen molar-refractivity contribution in [3.8, 4) is 0 Å². The Morgan fingerprint density at radius 1 is 1.29 bits per heavy atom. The minimum atomic E-state index is 0.530. The molecule has 78 valence electrons. The summed E-state index contributed by atoms with van der Waals surface area (Å²) in [7, 11) is 0. The second-order valence-corrected chi connectivity index (χ2v) is 5.72. The third-order valence-corrected chi connectivity index (χ3v) is 3.19. The summed E-state index contributed by atoms with van der Waals surface area (Å²) in [6.07, 6.45) is 2.20. The van der Waals surface area contributed by atoms with E-state index >= 15 is 0 Å². The van der Waals surface area contributed by atoms with Crippen molar-refractivity contribution in [1.82, 2.24) is 0 Å². The first kappa shape index (κ1) is 12.1. The van der Waals surface area contributed by atoms with Crippen LogP contribution in [0, 0.1) is 5.92 Å². The third-order valence-electron chi connectivity index (χ3n) is 2.13. The van der Waals surface area contributed by atoms with Crippen LogP contribution in [0.4, 0.5) is 0 Å². The van der Waals surface area contributed by atoms with Gasteiger partial charge < -0.3 is 0 Å². The Hall–Kier alpha value is -0.0100. The van der Waals surface area contributed by atoms with Crippen LogP contribution in [0.1, 0.15) is 25.8 Å². The maximum atomic E-state index is 6.08. The van der Waals surface area contributed by atoms with Crippen molar-refractivity contribution < 1.29 is 0 Å². The predicted molar refractivity (Wildman–Crippen MR) is 67.3 cm³/mol. The number of benzene rings is 1. The quantitative estimate of drug-likeness (QED) is 0.699. The lowest BCUT2D eigenvalue weighted by atomic mass is 10.0. The Bertz CT molecular complexity index is 283. The highest BCUT2D eigenvalue weighted by atomic mass is 79.9. The zero-order valence-electron chi connectivity index (χ0n) is 8.63. The van der Waals surface area contributed by atoms with Gasteiger partial charge in [-0.3, -0.25) is 0 Å². The van der Waals surface area contributed by atoms with Crippen LogP contribution in [0.2, 0.25) is 5.02 Å². The molecule has 0 aromatic heterocycles. The summed E-state index contributed by atoms with van der Waals surface area (Å²) < 4.78 is 0. The lowest BCUT2D eigenvalue weighted by Gasteiger charge is -2.12. The van der Waals surface area contributed by atoms with Gasteiger partial charge >= 0.3 is 0 Å². The molecule has 0 saturated heterocycles. The highest BCUT2D eigenvalue weighted by Gasteiger charge is 2.09. The number of hydrogen-bond donors (Lipinski definition) is 0. The Kier molecular flexibility index (Phi) is 4.97. The molecular weight excluding hydrogens is 259 g/mol. The molecule has 1 rings (SSSR count). The van der Waals surface area contributed by atoms with E-state index in [0.29, 0.717) is 4.83 Å². The van der Waals surface area contributed by atoms with Gasteiger partial charge in [0.15, 0.2) is 0 Å². The fourth-order valence-corrected chi connectivity index (χ4v) is 2.81. The van der Waals surface area contributed by atoms with E-state index in [2.05, 4.69) is 35.8 Å². The second kappa shape index (κ2) is 5.77. The molecular formula is C12H16BrCl. The zero-order valence-corrected chi connectivity index (χ0v) is 11.0. The number of halogens is 2. The van der Waals surface area contributed by atoms with Crippen molar-refractivity contribution in [2.45, 2.75) is 31.5 Å². The van der Waals surface area contributed by atoms with Gasteiger partial charge in [-0.2, -0.15) is 0 Å². The van der Waals surface area contributed by atoms with Gasteiger partial charge in [0.2, 0.25) is 0 Å². The van der Waals surface area contributed by atoms with Crippen LogP contribution in [0.3, 0.4) is 0 Å². The molecule has 0 amide bonds. The molecule has 0 radical (unpaired) electrons. The number of rotatable bonds is 4. The molecule has 1 atom stereocenters. The van der Waals surface area contributed by atoms with E-state index in [1.54, 1.807) is 0 Å². The smallest absolute Gasteiger partial charge is 0.0438 e. The Morgan fingerprint density at radius 2 is 1.93 bits per heavy atom. The van der Waals surface area contributed by atoms with E-state index < -0.39 is 0 Å². The van der Waals surface area contributed by atoms with Gasteiger partial charge in [0, 0.05) is 9.85 Å². The Balaban J connectivity index is 2.56. The Labute approximate surface area is 99.8 Å². The molecule has 0 nitrogen and oxygen atoms in total. The van der Waals surface area contributed by atoms with E-state index in [0.717, 1.165) is 17.4 Å². The van der Waals surface area contributed by atoms with Gasteiger partial charge in [-0.1, -0.05) is 59.6 Å². The van der Waals surface area contributed by atoms with Crippen LogP contribution in [0.25, 0.3) is 0 Å². The van der Waals surface area contributed by atoms with Crippen LogP contribution >= 0.6 is 27.5 Å². The molecule has 0 N–H and O–H groups in total. The fourth-order valence-electron chi connectivity index (χ4n) is 1.50. The molecule has 0 aliphatic carbocycles. The van der Waals surface area contributed by atoms with Crippen LogP contribution in [0.5, 0.6) is 0 Å². The molecule has 0 aliphatic rings. The van der Waals surface area contributed by atoms with Gasteiger partial charge in [-0.05, 0) is 30.4 Å². The van der Waals surface area contributed by atoms with Gasteiger partial charge in [0.1, 0.15) is 0 Å². The minimum Gasteiger partial charge on any atom is -0.0887 e. The van der Waals surface area contributed by atoms with E-state index in [-0.39, 0.29) is 0 Å². The van der Waals surface area contributed by atoms with Crippen LogP contribution in [-0.2, 0) is 6.42 Å². The van der Waals surface area contributed by atoms with E-state index in [1.807, 2.05) is 18.2 Å². The third kappa shape index (κ3) is 4.02. The molecule has 14 heavy (non-hydrogen) atoms.